The number of ether oxygens (including phenoxy) is 5. The molecule has 2 aliphatic heterocycles. The topological polar surface area (TPSA) is 98.8 Å². The van der Waals surface area contributed by atoms with Crippen LogP contribution in [-0.4, -0.2) is 56.2 Å². The van der Waals surface area contributed by atoms with Crippen LogP contribution in [0.1, 0.15) is 40.2 Å². The number of hydrogen-bond acceptors (Lipinski definition) is 9. The van der Waals surface area contributed by atoms with Crippen LogP contribution in [0.2, 0.25) is 0 Å². The van der Waals surface area contributed by atoms with Crippen LogP contribution in [0.25, 0.3) is 0 Å². The lowest BCUT2D eigenvalue weighted by atomic mass is 10.1. The highest BCUT2D eigenvalue weighted by Gasteiger charge is 2.56. The fourth-order valence-electron chi connectivity index (χ4n) is 3.76. The molecule has 2 heterocycles. The van der Waals surface area contributed by atoms with E-state index in [4.69, 9.17) is 32.7 Å². The Bertz CT molecular complexity index is 860. The highest BCUT2D eigenvalue weighted by molar-refractivity contribution is 7.59. The van der Waals surface area contributed by atoms with Gasteiger partial charge in [0.05, 0.1) is 26.4 Å². The third-order valence-corrected chi connectivity index (χ3v) is 7.12. The molecule has 10 heteroatoms. The molecule has 0 bridgehead atoms. The number of esters is 1. The summed E-state index contributed by atoms with van der Waals surface area (Å²) in [6, 6.07) is 9.66. The summed E-state index contributed by atoms with van der Waals surface area (Å²) in [5.74, 6) is -1.68. The molecule has 4 atom stereocenters. The van der Waals surface area contributed by atoms with E-state index >= 15 is 0 Å². The van der Waals surface area contributed by atoms with E-state index in [1.165, 1.54) is 6.08 Å². The van der Waals surface area contributed by atoms with Crippen LogP contribution in [0.5, 0.6) is 0 Å². The van der Waals surface area contributed by atoms with E-state index < -0.39 is 44.0 Å². The largest absolute Gasteiger partial charge is 0.462 e. The van der Waals surface area contributed by atoms with Crippen molar-refractivity contribution in [2.45, 2.75) is 71.6 Å². The van der Waals surface area contributed by atoms with Gasteiger partial charge in [0.2, 0.25) is 0 Å². The van der Waals surface area contributed by atoms with Gasteiger partial charge < -0.3 is 32.7 Å². The SMILES string of the molecule is CCOC(=O)/C(=C\[C@H]1O[C@H](OCc2ccccc2)[C@H]2OC(C)(C)O[C@H]21)P(=O)(OCC)OCC. The summed E-state index contributed by atoms with van der Waals surface area (Å²) >= 11 is 0. The predicted octanol–water partition coefficient (Wildman–Crippen LogP) is 4.16. The Labute approximate surface area is 194 Å². The molecule has 0 aromatic heterocycles. The van der Waals surface area contributed by atoms with Crippen LogP contribution in [-0.2, 0) is 48.7 Å². The molecule has 0 spiro atoms. The summed E-state index contributed by atoms with van der Waals surface area (Å²) < 4.78 is 53.5. The van der Waals surface area contributed by atoms with Crippen molar-refractivity contribution < 1.29 is 42.1 Å². The smallest absolute Gasteiger partial charge is 0.368 e. The zero-order valence-electron chi connectivity index (χ0n) is 19.7. The lowest BCUT2D eigenvalue weighted by Gasteiger charge is -2.24. The number of rotatable bonds is 11. The molecule has 184 valence electrons. The van der Waals surface area contributed by atoms with Crippen LogP contribution in [0.4, 0.5) is 0 Å². The van der Waals surface area contributed by atoms with Crippen LogP contribution in [0.15, 0.2) is 41.7 Å². The Morgan fingerprint density at radius 1 is 1.03 bits per heavy atom. The van der Waals surface area contributed by atoms with Crippen molar-refractivity contribution in [3.8, 4) is 0 Å². The Morgan fingerprint density at radius 2 is 1.67 bits per heavy atom. The lowest BCUT2D eigenvalue weighted by molar-refractivity contribution is -0.231. The molecular weight excluding hydrogens is 451 g/mol. The molecule has 3 rings (SSSR count). The van der Waals surface area contributed by atoms with Crippen LogP contribution in [0.3, 0.4) is 0 Å². The van der Waals surface area contributed by atoms with Crippen molar-refractivity contribution in [1.82, 2.24) is 0 Å². The average Bonchev–Trinajstić information content (AvgIpc) is 3.24. The van der Waals surface area contributed by atoms with Crippen molar-refractivity contribution in [3.05, 3.63) is 47.3 Å². The first kappa shape index (κ1) is 26.0. The van der Waals surface area contributed by atoms with Crippen molar-refractivity contribution in [3.63, 3.8) is 0 Å². The quantitative estimate of drug-likeness (QED) is 0.260. The number of fused-ring (bicyclic) bond motifs is 1. The van der Waals surface area contributed by atoms with Crippen molar-refractivity contribution in [2.24, 2.45) is 0 Å². The van der Waals surface area contributed by atoms with E-state index in [2.05, 4.69) is 0 Å². The Balaban J connectivity index is 1.89. The second kappa shape index (κ2) is 11.2. The van der Waals surface area contributed by atoms with Gasteiger partial charge in [0.25, 0.3) is 0 Å². The Morgan fingerprint density at radius 3 is 2.27 bits per heavy atom. The summed E-state index contributed by atoms with van der Waals surface area (Å²) in [6.07, 6.45) is -1.31. The highest BCUT2D eigenvalue weighted by atomic mass is 31.2. The van der Waals surface area contributed by atoms with E-state index in [1.54, 1.807) is 34.6 Å². The van der Waals surface area contributed by atoms with Crippen LogP contribution < -0.4 is 0 Å². The van der Waals surface area contributed by atoms with Gasteiger partial charge in [0.1, 0.15) is 23.6 Å². The van der Waals surface area contributed by atoms with Crippen LogP contribution in [0, 0.1) is 0 Å². The second-order valence-electron chi connectivity index (χ2n) is 7.94. The van der Waals surface area contributed by atoms with E-state index in [0.717, 1.165) is 5.56 Å². The summed E-state index contributed by atoms with van der Waals surface area (Å²) in [6.45, 7) is 9.14. The predicted molar refractivity (Wildman–Crippen MR) is 119 cm³/mol. The number of carbonyl (C=O) groups excluding carboxylic acids is 1. The van der Waals surface area contributed by atoms with Gasteiger partial charge in [-0.25, -0.2) is 4.79 Å². The number of benzene rings is 1. The molecule has 2 saturated heterocycles. The summed E-state index contributed by atoms with van der Waals surface area (Å²) in [5.41, 5.74) is 0.972. The number of carbonyl (C=O) groups is 1. The minimum atomic E-state index is -3.95. The van der Waals surface area contributed by atoms with Gasteiger partial charge in [0.15, 0.2) is 12.1 Å². The Hall–Kier alpha value is -1.58. The summed E-state index contributed by atoms with van der Waals surface area (Å²) in [7, 11) is -3.95. The highest BCUT2D eigenvalue weighted by Crippen LogP contribution is 2.57. The van der Waals surface area contributed by atoms with E-state index in [1.807, 2.05) is 30.3 Å². The molecule has 2 fully saturated rings. The standard InChI is InChI=1S/C23H33O9P/c1-6-26-21(24)18(33(25,28-7-2)29-8-3)14-17-19-20(32-23(4,5)31-19)22(30-17)27-15-16-12-10-9-11-13-16/h9-14,17,19-20,22H,6-8,15H2,1-5H3/b18-14+/t17-,19+,20+,22+/m1/s1. The van der Waals surface area contributed by atoms with Gasteiger partial charge in [-0.2, -0.15) is 0 Å². The average molecular weight is 484 g/mol. The normalized spacial score (nSPS) is 26.9. The molecule has 0 aliphatic carbocycles. The first-order valence-electron chi connectivity index (χ1n) is 11.2. The zero-order valence-corrected chi connectivity index (χ0v) is 20.6. The molecule has 1 aromatic carbocycles. The first-order chi connectivity index (χ1) is 15.7. The fourth-order valence-corrected chi connectivity index (χ4v) is 5.41. The van der Waals surface area contributed by atoms with Crippen molar-refractivity contribution in [2.75, 3.05) is 19.8 Å². The maximum atomic E-state index is 13.5. The van der Waals surface area contributed by atoms with Gasteiger partial charge in [-0.3, -0.25) is 4.57 Å². The molecule has 33 heavy (non-hydrogen) atoms. The minimum Gasteiger partial charge on any atom is -0.462 e. The minimum absolute atomic E-state index is 0.0844. The van der Waals surface area contributed by atoms with Crippen molar-refractivity contribution in [1.29, 1.82) is 0 Å². The van der Waals surface area contributed by atoms with Crippen LogP contribution >= 0.6 is 7.60 Å². The molecular formula is C23H33O9P. The second-order valence-corrected chi connectivity index (χ2v) is 9.93. The molecule has 0 saturated carbocycles. The monoisotopic (exact) mass is 484 g/mol. The summed E-state index contributed by atoms with van der Waals surface area (Å²) in [4.78, 5) is 12.8. The third-order valence-electron chi connectivity index (χ3n) is 5.00. The molecule has 9 nitrogen and oxygen atoms in total. The first-order valence-corrected chi connectivity index (χ1v) is 12.7. The van der Waals surface area contributed by atoms with Gasteiger partial charge in [0, 0.05) is 0 Å². The molecule has 1 aromatic rings. The molecule has 0 unspecified atom stereocenters. The Kier molecular flexibility index (Phi) is 8.86. The molecule has 2 aliphatic rings. The molecule has 0 N–H and O–H groups in total. The molecule has 0 radical (unpaired) electrons. The van der Waals surface area contributed by atoms with E-state index in [-0.39, 0.29) is 25.1 Å². The van der Waals surface area contributed by atoms with Gasteiger partial charge in [-0.15, -0.1) is 0 Å². The van der Waals surface area contributed by atoms with Gasteiger partial charge in [-0.05, 0) is 46.3 Å². The van der Waals surface area contributed by atoms with Gasteiger partial charge in [-0.1, -0.05) is 30.3 Å². The van der Waals surface area contributed by atoms with E-state index in [9.17, 15) is 9.36 Å². The third kappa shape index (κ3) is 6.31. The van der Waals surface area contributed by atoms with Crippen molar-refractivity contribution >= 4 is 13.6 Å². The van der Waals surface area contributed by atoms with E-state index in [0.29, 0.717) is 6.61 Å². The summed E-state index contributed by atoms with van der Waals surface area (Å²) in [5, 5.41) is -0.228. The fraction of sp³-hybridized carbons (Fsp3) is 0.609. The maximum Gasteiger partial charge on any atom is 0.368 e. The maximum absolute atomic E-state index is 13.5. The lowest BCUT2D eigenvalue weighted by Crippen LogP contribution is -2.31. The number of hydrogen-bond donors (Lipinski definition) is 0. The van der Waals surface area contributed by atoms with Gasteiger partial charge >= 0.3 is 13.6 Å². The zero-order chi connectivity index (χ0) is 24.1. The molecule has 0 amide bonds.